The number of carbonyl (C=O) groups excluding carboxylic acids is 1. The Morgan fingerprint density at radius 2 is 1.89 bits per heavy atom. The fraction of sp³-hybridized carbons (Fsp3) is 0.938. The minimum atomic E-state index is 0.0164. The van der Waals surface area contributed by atoms with E-state index in [0.29, 0.717) is 25.0 Å². The topological polar surface area (TPSA) is 30.7 Å². The first-order valence-corrected chi connectivity index (χ1v) is 8.14. The molecule has 2 fully saturated rings. The number of hydrogen-bond acceptors (Lipinski definition) is 2. The maximum atomic E-state index is 11.9. The normalized spacial score (nSPS) is 33.1. The molecule has 1 saturated heterocycles. The molecule has 0 unspecified atom stereocenters. The Hall–Kier alpha value is -0.570. The van der Waals surface area contributed by atoms with Crippen molar-refractivity contribution in [1.82, 2.24) is 0 Å². The molecular weight excluding hydrogens is 238 g/mol. The Kier molecular flexibility index (Phi) is 5.68. The van der Waals surface area contributed by atoms with E-state index < -0.39 is 0 Å². The second-order valence-electron chi connectivity index (χ2n) is 6.83. The van der Waals surface area contributed by atoms with E-state index in [1.54, 1.807) is 0 Å². The number of piperidine rings is 1. The van der Waals surface area contributed by atoms with Crippen LogP contribution in [-0.4, -0.2) is 32.2 Å². The monoisotopic (exact) mass is 268 g/mol. The van der Waals surface area contributed by atoms with Crippen LogP contribution in [0.4, 0.5) is 0 Å². The van der Waals surface area contributed by atoms with E-state index in [1.165, 1.54) is 43.4 Å². The van der Waals surface area contributed by atoms with E-state index in [-0.39, 0.29) is 5.97 Å². The Bertz CT molecular complexity index is 286. The quantitative estimate of drug-likeness (QED) is 0.786. The van der Waals surface area contributed by atoms with Crippen molar-refractivity contribution in [3.8, 4) is 0 Å². The van der Waals surface area contributed by atoms with Gasteiger partial charge in [0.05, 0.1) is 19.7 Å². The third-order valence-corrected chi connectivity index (χ3v) is 5.02. The van der Waals surface area contributed by atoms with Crippen LogP contribution in [0.15, 0.2) is 0 Å². The fourth-order valence-corrected chi connectivity index (χ4v) is 3.66. The van der Waals surface area contributed by atoms with Gasteiger partial charge in [-0.15, -0.1) is 0 Å². The lowest BCUT2D eigenvalue weighted by Gasteiger charge is -2.32. The molecular formula is C16H30NO2+. The van der Waals surface area contributed by atoms with E-state index in [0.717, 1.165) is 19.0 Å². The molecule has 3 atom stereocenters. The largest absolute Gasteiger partial charge is 0.461 e. The van der Waals surface area contributed by atoms with E-state index in [4.69, 9.17) is 4.74 Å². The van der Waals surface area contributed by atoms with Crippen LogP contribution in [0.1, 0.15) is 52.4 Å². The van der Waals surface area contributed by atoms with Gasteiger partial charge in [-0.1, -0.05) is 20.3 Å². The van der Waals surface area contributed by atoms with Gasteiger partial charge in [0.2, 0.25) is 0 Å². The highest BCUT2D eigenvalue weighted by atomic mass is 16.5. The molecule has 0 aromatic carbocycles. The van der Waals surface area contributed by atoms with Gasteiger partial charge in [-0.05, 0) is 49.9 Å². The van der Waals surface area contributed by atoms with Crippen molar-refractivity contribution >= 4 is 5.97 Å². The first-order chi connectivity index (χ1) is 9.15. The zero-order valence-corrected chi connectivity index (χ0v) is 12.6. The van der Waals surface area contributed by atoms with Crippen LogP contribution in [0.3, 0.4) is 0 Å². The lowest BCUT2D eigenvalue weighted by molar-refractivity contribution is -0.897. The van der Waals surface area contributed by atoms with Gasteiger partial charge in [-0.25, -0.2) is 4.79 Å². The number of ether oxygens (including phenoxy) is 1. The highest BCUT2D eigenvalue weighted by molar-refractivity contribution is 5.70. The molecule has 0 radical (unpaired) electrons. The molecule has 0 amide bonds. The molecule has 3 heteroatoms. The number of nitrogens with one attached hydrogen (secondary N) is 1. The Labute approximate surface area is 117 Å². The SMILES string of the molecule is C[C@H]1CC[C@@H](COC(=O)C[NH+]2CCCCC2)[C@H](C)C1. The van der Waals surface area contributed by atoms with E-state index in [2.05, 4.69) is 13.8 Å². The summed E-state index contributed by atoms with van der Waals surface area (Å²) in [5.74, 6) is 2.16. The Morgan fingerprint density at radius 1 is 1.16 bits per heavy atom. The molecule has 0 spiro atoms. The van der Waals surface area contributed by atoms with Crippen molar-refractivity contribution in [1.29, 1.82) is 0 Å². The molecule has 1 aliphatic carbocycles. The van der Waals surface area contributed by atoms with Crippen LogP contribution < -0.4 is 4.90 Å². The molecule has 1 aliphatic heterocycles. The smallest absolute Gasteiger partial charge is 0.361 e. The molecule has 2 aliphatic rings. The molecule has 1 heterocycles. The van der Waals surface area contributed by atoms with Gasteiger partial charge >= 0.3 is 5.97 Å². The summed E-state index contributed by atoms with van der Waals surface area (Å²) in [5.41, 5.74) is 0. The van der Waals surface area contributed by atoms with E-state index >= 15 is 0 Å². The standard InChI is InChI=1S/C16H29NO2/c1-13-6-7-15(14(2)10-13)12-19-16(18)11-17-8-4-3-5-9-17/h13-15H,3-12H2,1-2H3/p+1/t13-,14+,15-/m0/s1. The van der Waals surface area contributed by atoms with Crippen molar-refractivity contribution in [3.63, 3.8) is 0 Å². The second kappa shape index (κ2) is 7.28. The number of hydrogen-bond donors (Lipinski definition) is 1. The Balaban J connectivity index is 1.65. The molecule has 0 bridgehead atoms. The lowest BCUT2D eigenvalue weighted by Crippen LogP contribution is -3.13. The summed E-state index contributed by atoms with van der Waals surface area (Å²) in [6.45, 7) is 8.17. The summed E-state index contributed by atoms with van der Waals surface area (Å²) in [5, 5.41) is 0. The van der Waals surface area contributed by atoms with Gasteiger partial charge in [0.25, 0.3) is 0 Å². The predicted octanol–water partition coefficient (Wildman–Crippen LogP) is 1.67. The van der Waals surface area contributed by atoms with Crippen molar-refractivity contribution in [3.05, 3.63) is 0 Å². The molecule has 2 rings (SSSR count). The van der Waals surface area contributed by atoms with Gasteiger partial charge in [-0.3, -0.25) is 0 Å². The van der Waals surface area contributed by atoms with Crippen LogP contribution in [0, 0.1) is 17.8 Å². The van der Waals surface area contributed by atoms with Gasteiger partial charge in [0, 0.05) is 0 Å². The van der Waals surface area contributed by atoms with Gasteiger partial charge < -0.3 is 9.64 Å². The van der Waals surface area contributed by atoms with Crippen LogP contribution in [0.5, 0.6) is 0 Å². The van der Waals surface area contributed by atoms with Crippen molar-refractivity contribution < 1.29 is 14.4 Å². The fourth-order valence-electron chi connectivity index (χ4n) is 3.66. The summed E-state index contributed by atoms with van der Waals surface area (Å²) >= 11 is 0. The average molecular weight is 268 g/mol. The summed E-state index contributed by atoms with van der Waals surface area (Å²) < 4.78 is 5.53. The van der Waals surface area contributed by atoms with Gasteiger partial charge in [0.1, 0.15) is 0 Å². The summed E-state index contributed by atoms with van der Waals surface area (Å²) in [6, 6.07) is 0. The van der Waals surface area contributed by atoms with Gasteiger partial charge in [-0.2, -0.15) is 0 Å². The zero-order chi connectivity index (χ0) is 13.7. The van der Waals surface area contributed by atoms with Crippen molar-refractivity contribution in [2.45, 2.75) is 52.4 Å². The number of quaternary nitrogens is 1. The predicted molar refractivity (Wildman–Crippen MR) is 76.0 cm³/mol. The minimum Gasteiger partial charge on any atom is -0.461 e. The third-order valence-electron chi connectivity index (χ3n) is 5.02. The van der Waals surface area contributed by atoms with Crippen LogP contribution >= 0.6 is 0 Å². The maximum Gasteiger partial charge on any atom is 0.361 e. The van der Waals surface area contributed by atoms with Crippen LogP contribution in [0.2, 0.25) is 0 Å². The number of carbonyl (C=O) groups is 1. The summed E-state index contributed by atoms with van der Waals surface area (Å²) in [6.07, 6.45) is 7.67. The second-order valence-corrected chi connectivity index (χ2v) is 6.83. The number of rotatable bonds is 4. The maximum absolute atomic E-state index is 11.9. The van der Waals surface area contributed by atoms with Crippen LogP contribution in [0.25, 0.3) is 0 Å². The highest BCUT2D eigenvalue weighted by Gasteiger charge is 2.27. The number of likely N-dealkylation sites (tertiary alicyclic amines) is 1. The van der Waals surface area contributed by atoms with Crippen molar-refractivity contribution in [2.24, 2.45) is 17.8 Å². The van der Waals surface area contributed by atoms with Crippen molar-refractivity contribution in [2.75, 3.05) is 26.2 Å². The molecule has 1 N–H and O–H groups in total. The first-order valence-electron chi connectivity index (χ1n) is 8.14. The highest BCUT2D eigenvalue weighted by Crippen LogP contribution is 2.33. The Morgan fingerprint density at radius 3 is 2.58 bits per heavy atom. The molecule has 0 aromatic heterocycles. The lowest BCUT2D eigenvalue weighted by atomic mass is 9.76. The summed E-state index contributed by atoms with van der Waals surface area (Å²) in [7, 11) is 0. The molecule has 110 valence electrons. The third kappa shape index (κ3) is 4.79. The zero-order valence-electron chi connectivity index (χ0n) is 12.6. The average Bonchev–Trinajstić information content (AvgIpc) is 2.39. The molecule has 1 saturated carbocycles. The van der Waals surface area contributed by atoms with E-state index in [9.17, 15) is 4.79 Å². The summed E-state index contributed by atoms with van der Waals surface area (Å²) in [4.78, 5) is 13.3. The first kappa shape index (κ1) is 14.8. The molecule has 0 aromatic rings. The molecule has 3 nitrogen and oxygen atoms in total. The van der Waals surface area contributed by atoms with Gasteiger partial charge in [0.15, 0.2) is 6.54 Å². The minimum absolute atomic E-state index is 0.0164. The molecule has 19 heavy (non-hydrogen) atoms. The van der Waals surface area contributed by atoms with E-state index in [1.807, 2.05) is 0 Å². The number of esters is 1. The van der Waals surface area contributed by atoms with Crippen LogP contribution in [-0.2, 0) is 9.53 Å².